The Morgan fingerprint density at radius 1 is 1.11 bits per heavy atom. The smallest absolute Gasteiger partial charge is 0.412 e. The van der Waals surface area contributed by atoms with E-state index in [1.165, 1.54) is 17.0 Å². The molecule has 1 heterocycles. The highest BCUT2D eigenvalue weighted by molar-refractivity contribution is 7.07. The molecule has 150 valence electrons. The molecule has 1 aromatic carbocycles. The standard InChI is InChI=1S/C20H24N2O5S/c1-20(2,3)27-19(25)21-16-7-5-15(6-8-16)18(24)26-12-17(23)22(4)11-14-9-10-28-13-14/h5-10,13H,11-12H2,1-4H3,(H,21,25). The summed E-state index contributed by atoms with van der Waals surface area (Å²) in [7, 11) is 1.66. The zero-order chi connectivity index (χ0) is 20.7. The van der Waals surface area contributed by atoms with Crippen LogP contribution in [-0.4, -0.2) is 42.1 Å². The molecule has 28 heavy (non-hydrogen) atoms. The number of rotatable bonds is 6. The van der Waals surface area contributed by atoms with Gasteiger partial charge in [-0.05, 0) is 67.4 Å². The number of hydrogen-bond donors (Lipinski definition) is 1. The predicted molar refractivity (Wildman–Crippen MR) is 107 cm³/mol. The molecule has 0 fully saturated rings. The van der Waals surface area contributed by atoms with E-state index in [-0.39, 0.29) is 18.1 Å². The molecule has 8 heteroatoms. The first-order valence-electron chi connectivity index (χ1n) is 8.66. The molecule has 1 aromatic heterocycles. The topological polar surface area (TPSA) is 84.9 Å². The molecule has 2 aromatic rings. The number of anilines is 1. The molecule has 0 aliphatic carbocycles. The molecule has 0 aliphatic rings. The Morgan fingerprint density at radius 2 is 1.79 bits per heavy atom. The van der Waals surface area contributed by atoms with Crippen LogP contribution in [0.25, 0.3) is 0 Å². The van der Waals surface area contributed by atoms with Crippen LogP contribution in [0.2, 0.25) is 0 Å². The largest absolute Gasteiger partial charge is 0.452 e. The van der Waals surface area contributed by atoms with Gasteiger partial charge in [-0.15, -0.1) is 0 Å². The van der Waals surface area contributed by atoms with Gasteiger partial charge in [-0.3, -0.25) is 10.1 Å². The highest BCUT2D eigenvalue weighted by Crippen LogP contribution is 2.14. The lowest BCUT2D eigenvalue weighted by atomic mass is 10.2. The first kappa shape index (κ1) is 21.4. The quantitative estimate of drug-likeness (QED) is 0.738. The lowest BCUT2D eigenvalue weighted by Gasteiger charge is -2.19. The fourth-order valence-corrected chi connectivity index (χ4v) is 2.84. The second-order valence-corrected chi connectivity index (χ2v) is 7.94. The zero-order valence-corrected chi connectivity index (χ0v) is 17.2. The molecule has 0 atom stereocenters. The van der Waals surface area contributed by atoms with Gasteiger partial charge in [0.1, 0.15) is 5.60 Å². The van der Waals surface area contributed by atoms with Crippen molar-refractivity contribution in [3.63, 3.8) is 0 Å². The molecule has 2 rings (SSSR count). The third-order valence-electron chi connectivity index (χ3n) is 3.52. The Kier molecular flexibility index (Phi) is 7.17. The van der Waals surface area contributed by atoms with Gasteiger partial charge in [-0.1, -0.05) is 0 Å². The SMILES string of the molecule is CN(Cc1ccsc1)C(=O)COC(=O)c1ccc(NC(=O)OC(C)(C)C)cc1. The molecule has 0 spiro atoms. The molecule has 0 saturated carbocycles. The lowest BCUT2D eigenvalue weighted by molar-refractivity contribution is -0.133. The van der Waals surface area contributed by atoms with E-state index in [0.717, 1.165) is 5.56 Å². The van der Waals surface area contributed by atoms with Crippen molar-refractivity contribution < 1.29 is 23.9 Å². The summed E-state index contributed by atoms with van der Waals surface area (Å²) in [4.78, 5) is 37.4. The van der Waals surface area contributed by atoms with Crippen LogP contribution in [0, 0.1) is 0 Å². The van der Waals surface area contributed by atoms with E-state index in [4.69, 9.17) is 9.47 Å². The second-order valence-electron chi connectivity index (χ2n) is 7.16. The molecular weight excluding hydrogens is 380 g/mol. The lowest BCUT2D eigenvalue weighted by Crippen LogP contribution is -2.30. The molecule has 7 nitrogen and oxygen atoms in total. The van der Waals surface area contributed by atoms with Crippen LogP contribution in [-0.2, 0) is 20.8 Å². The normalized spacial score (nSPS) is 10.9. The minimum absolute atomic E-state index is 0.281. The summed E-state index contributed by atoms with van der Waals surface area (Å²) in [6.45, 7) is 5.43. The maximum Gasteiger partial charge on any atom is 0.412 e. The monoisotopic (exact) mass is 404 g/mol. The number of thiophene rings is 1. The van der Waals surface area contributed by atoms with Crippen LogP contribution >= 0.6 is 11.3 Å². The molecule has 0 aliphatic heterocycles. The fraction of sp³-hybridized carbons (Fsp3) is 0.350. The molecule has 0 radical (unpaired) electrons. The average Bonchev–Trinajstić information content (AvgIpc) is 3.11. The second kappa shape index (κ2) is 9.36. The summed E-state index contributed by atoms with van der Waals surface area (Å²) in [6, 6.07) is 8.08. The number of hydrogen-bond acceptors (Lipinski definition) is 6. The van der Waals surface area contributed by atoms with Crippen molar-refractivity contribution in [1.29, 1.82) is 0 Å². The van der Waals surface area contributed by atoms with E-state index in [2.05, 4.69) is 5.32 Å². The number of ether oxygens (including phenoxy) is 2. The van der Waals surface area contributed by atoms with Crippen molar-refractivity contribution in [2.24, 2.45) is 0 Å². The minimum atomic E-state index is -0.610. The van der Waals surface area contributed by atoms with Gasteiger partial charge in [0.2, 0.25) is 0 Å². The number of amides is 2. The zero-order valence-electron chi connectivity index (χ0n) is 16.4. The van der Waals surface area contributed by atoms with Crippen molar-refractivity contribution in [1.82, 2.24) is 4.90 Å². The third-order valence-corrected chi connectivity index (χ3v) is 4.25. The fourth-order valence-electron chi connectivity index (χ4n) is 2.18. The maximum atomic E-state index is 12.1. The summed E-state index contributed by atoms with van der Waals surface area (Å²) in [6.07, 6.45) is -0.581. The van der Waals surface area contributed by atoms with Crippen LogP contribution in [0.4, 0.5) is 10.5 Å². The summed E-state index contributed by atoms with van der Waals surface area (Å²) >= 11 is 1.56. The predicted octanol–water partition coefficient (Wildman–Crippen LogP) is 3.91. The molecule has 0 saturated heterocycles. The number of likely N-dealkylation sites (N-methyl/N-ethyl adjacent to an activating group) is 1. The Hall–Kier alpha value is -2.87. The number of benzene rings is 1. The van der Waals surface area contributed by atoms with E-state index in [1.54, 1.807) is 51.3 Å². The van der Waals surface area contributed by atoms with Crippen LogP contribution in [0.3, 0.4) is 0 Å². The first-order valence-corrected chi connectivity index (χ1v) is 9.60. The Labute approximate surface area is 168 Å². The summed E-state index contributed by atoms with van der Waals surface area (Å²) in [5.41, 5.74) is 1.19. The number of esters is 1. The maximum absolute atomic E-state index is 12.1. The van der Waals surface area contributed by atoms with E-state index >= 15 is 0 Å². The molecular formula is C20H24N2O5S. The van der Waals surface area contributed by atoms with Crippen LogP contribution in [0.5, 0.6) is 0 Å². The number of nitrogens with zero attached hydrogens (tertiary/aromatic N) is 1. The number of carbonyl (C=O) groups is 3. The Balaban J connectivity index is 1.82. The third kappa shape index (κ3) is 7.03. The van der Waals surface area contributed by atoms with E-state index in [9.17, 15) is 14.4 Å². The molecule has 0 unspecified atom stereocenters. The van der Waals surface area contributed by atoms with E-state index in [1.807, 2.05) is 16.8 Å². The number of carbonyl (C=O) groups excluding carboxylic acids is 3. The van der Waals surface area contributed by atoms with Crippen molar-refractivity contribution in [3.8, 4) is 0 Å². The summed E-state index contributed by atoms with van der Waals surface area (Å²) < 4.78 is 10.2. The summed E-state index contributed by atoms with van der Waals surface area (Å²) in [5.74, 6) is -0.899. The van der Waals surface area contributed by atoms with Crippen molar-refractivity contribution in [2.75, 3.05) is 19.0 Å². The number of nitrogens with one attached hydrogen (secondary N) is 1. The first-order chi connectivity index (χ1) is 13.1. The van der Waals surface area contributed by atoms with E-state index < -0.39 is 17.7 Å². The van der Waals surface area contributed by atoms with Crippen molar-refractivity contribution in [2.45, 2.75) is 32.9 Å². The van der Waals surface area contributed by atoms with Gasteiger partial charge in [0.05, 0.1) is 5.56 Å². The van der Waals surface area contributed by atoms with Crippen molar-refractivity contribution >= 4 is 35.0 Å². The van der Waals surface area contributed by atoms with Gasteiger partial charge in [-0.25, -0.2) is 9.59 Å². The van der Waals surface area contributed by atoms with Crippen molar-refractivity contribution in [3.05, 3.63) is 52.2 Å². The summed E-state index contributed by atoms with van der Waals surface area (Å²) in [5, 5.41) is 6.48. The van der Waals surface area contributed by atoms with Crippen LogP contribution in [0.1, 0.15) is 36.7 Å². The van der Waals surface area contributed by atoms with Gasteiger partial charge >= 0.3 is 12.1 Å². The van der Waals surface area contributed by atoms with Gasteiger partial charge in [0, 0.05) is 19.3 Å². The van der Waals surface area contributed by atoms with Crippen LogP contribution in [0.15, 0.2) is 41.1 Å². The van der Waals surface area contributed by atoms with Gasteiger partial charge in [0.15, 0.2) is 6.61 Å². The van der Waals surface area contributed by atoms with Gasteiger partial charge in [0.25, 0.3) is 5.91 Å². The Bertz CT molecular complexity index is 810. The highest BCUT2D eigenvalue weighted by Gasteiger charge is 2.17. The van der Waals surface area contributed by atoms with Crippen LogP contribution < -0.4 is 5.32 Å². The molecule has 0 bridgehead atoms. The highest BCUT2D eigenvalue weighted by atomic mass is 32.1. The molecule has 2 amide bonds. The minimum Gasteiger partial charge on any atom is -0.452 e. The van der Waals surface area contributed by atoms with Gasteiger partial charge in [-0.2, -0.15) is 11.3 Å². The Morgan fingerprint density at radius 3 is 2.36 bits per heavy atom. The average molecular weight is 404 g/mol. The van der Waals surface area contributed by atoms with E-state index in [0.29, 0.717) is 12.2 Å². The molecule has 1 N–H and O–H groups in total. The van der Waals surface area contributed by atoms with Gasteiger partial charge < -0.3 is 14.4 Å².